The Morgan fingerprint density at radius 2 is 2.22 bits per heavy atom. The van der Waals surface area contributed by atoms with Crippen LogP contribution in [0.4, 0.5) is 0 Å². The summed E-state index contributed by atoms with van der Waals surface area (Å²) in [5.41, 5.74) is 1.21. The molecule has 0 saturated carbocycles. The molecular formula is C7H6ClSi. The van der Waals surface area contributed by atoms with Crippen LogP contribution >= 0.6 is 11.6 Å². The summed E-state index contributed by atoms with van der Waals surface area (Å²) in [6, 6.07) is 8.64. The lowest BCUT2D eigenvalue weighted by atomic mass is 10.2. The van der Waals surface area contributed by atoms with Gasteiger partial charge in [0, 0.05) is 15.3 Å². The summed E-state index contributed by atoms with van der Waals surface area (Å²) < 4.78 is 0. The average Bonchev–Trinajstić information content (AvgIpc) is 1.88. The first-order valence-corrected chi connectivity index (χ1v) is 3.80. The lowest BCUT2D eigenvalue weighted by Gasteiger charge is -1.93. The van der Waals surface area contributed by atoms with E-state index in [0.29, 0.717) is 0 Å². The van der Waals surface area contributed by atoms with E-state index < -0.39 is 0 Å². The van der Waals surface area contributed by atoms with E-state index in [-0.39, 0.29) is 0 Å². The van der Waals surface area contributed by atoms with Crippen LogP contribution in [-0.2, 0) is 6.04 Å². The molecule has 1 aromatic carbocycles. The first-order valence-electron chi connectivity index (χ1n) is 2.72. The van der Waals surface area contributed by atoms with Crippen LogP contribution in [0.3, 0.4) is 0 Å². The van der Waals surface area contributed by atoms with Gasteiger partial charge in [-0.15, -0.1) is 0 Å². The zero-order valence-electron chi connectivity index (χ0n) is 4.89. The molecule has 0 amide bonds. The highest BCUT2D eigenvalue weighted by molar-refractivity contribution is 6.30. The van der Waals surface area contributed by atoms with E-state index in [9.17, 15) is 0 Å². The van der Waals surface area contributed by atoms with E-state index in [0.717, 1.165) is 11.1 Å². The molecule has 1 aromatic rings. The summed E-state index contributed by atoms with van der Waals surface area (Å²) in [5, 5.41) is 0.797. The van der Waals surface area contributed by atoms with Gasteiger partial charge in [0.25, 0.3) is 0 Å². The standard InChI is InChI=1S/C7H6ClSi/c8-7-3-1-2-6(4-7)5-9/h1-4H,5H2. The Morgan fingerprint density at radius 3 is 2.67 bits per heavy atom. The molecule has 0 nitrogen and oxygen atoms in total. The van der Waals surface area contributed by atoms with E-state index in [4.69, 9.17) is 11.6 Å². The van der Waals surface area contributed by atoms with E-state index in [1.165, 1.54) is 5.56 Å². The molecule has 0 fully saturated rings. The van der Waals surface area contributed by atoms with E-state index in [1.54, 1.807) is 0 Å². The topological polar surface area (TPSA) is 0 Å². The minimum atomic E-state index is 0.797. The molecule has 0 aliphatic heterocycles. The zero-order chi connectivity index (χ0) is 6.69. The third-order valence-electron chi connectivity index (χ3n) is 1.09. The van der Waals surface area contributed by atoms with Crippen LogP contribution in [0.1, 0.15) is 5.56 Å². The van der Waals surface area contributed by atoms with Gasteiger partial charge in [0.1, 0.15) is 0 Å². The quantitative estimate of drug-likeness (QED) is 0.542. The van der Waals surface area contributed by atoms with Gasteiger partial charge in [-0.05, 0) is 23.7 Å². The third kappa shape index (κ3) is 1.84. The van der Waals surface area contributed by atoms with Crippen LogP contribution in [0.2, 0.25) is 5.02 Å². The van der Waals surface area contributed by atoms with Gasteiger partial charge >= 0.3 is 0 Å². The summed E-state index contributed by atoms with van der Waals surface area (Å²) in [6.45, 7) is 0. The molecule has 0 aliphatic rings. The smallest absolute Gasteiger partial charge is 0.0408 e. The van der Waals surface area contributed by atoms with Crippen molar-refractivity contribution >= 4 is 21.8 Å². The fraction of sp³-hybridized carbons (Fsp3) is 0.143. The molecule has 3 radical (unpaired) electrons. The highest BCUT2D eigenvalue weighted by atomic mass is 35.5. The van der Waals surface area contributed by atoms with Gasteiger partial charge in [-0.2, -0.15) is 0 Å². The molecule has 0 bridgehead atoms. The Labute approximate surface area is 63.3 Å². The van der Waals surface area contributed by atoms with Gasteiger partial charge < -0.3 is 0 Å². The maximum Gasteiger partial charge on any atom is 0.0408 e. The summed E-state index contributed by atoms with van der Waals surface area (Å²) in [7, 11) is 3.38. The second-order valence-corrected chi connectivity index (χ2v) is 2.60. The van der Waals surface area contributed by atoms with Crippen LogP contribution < -0.4 is 0 Å². The van der Waals surface area contributed by atoms with Crippen molar-refractivity contribution in [1.29, 1.82) is 0 Å². The van der Waals surface area contributed by atoms with Gasteiger partial charge in [-0.1, -0.05) is 23.7 Å². The van der Waals surface area contributed by atoms with Crippen molar-refractivity contribution in [3.63, 3.8) is 0 Å². The largest absolute Gasteiger partial charge is 0.0843 e. The minimum absolute atomic E-state index is 0.797. The van der Waals surface area contributed by atoms with Crippen molar-refractivity contribution < 1.29 is 0 Å². The second kappa shape index (κ2) is 3.04. The predicted octanol–water partition coefficient (Wildman–Crippen LogP) is 2.01. The maximum atomic E-state index is 5.70. The molecule has 0 aromatic heterocycles. The number of hydrogen-bond acceptors (Lipinski definition) is 0. The first kappa shape index (κ1) is 6.84. The molecule has 0 aliphatic carbocycles. The van der Waals surface area contributed by atoms with Gasteiger partial charge in [0.15, 0.2) is 0 Å². The molecule has 2 heteroatoms. The SMILES string of the molecule is [Si]Cc1cccc(Cl)c1. The third-order valence-corrected chi connectivity index (χ3v) is 1.74. The molecule has 1 rings (SSSR count). The van der Waals surface area contributed by atoms with Gasteiger partial charge in [-0.25, -0.2) is 0 Å². The summed E-state index contributed by atoms with van der Waals surface area (Å²) in [6.07, 6.45) is 0. The maximum absolute atomic E-state index is 5.70. The Bertz CT molecular complexity index is 198. The van der Waals surface area contributed by atoms with E-state index >= 15 is 0 Å². The first-order chi connectivity index (χ1) is 4.33. The lowest BCUT2D eigenvalue weighted by Crippen LogP contribution is -1.80. The minimum Gasteiger partial charge on any atom is -0.0843 e. The monoisotopic (exact) mass is 153 g/mol. The molecule has 0 atom stereocenters. The van der Waals surface area contributed by atoms with Crippen molar-refractivity contribution in [3.05, 3.63) is 34.9 Å². The van der Waals surface area contributed by atoms with Crippen molar-refractivity contribution in [2.45, 2.75) is 6.04 Å². The van der Waals surface area contributed by atoms with Crippen LogP contribution in [0.15, 0.2) is 24.3 Å². The average molecular weight is 154 g/mol. The number of hydrogen-bond donors (Lipinski definition) is 0. The number of benzene rings is 1. The lowest BCUT2D eigenvalue weighted by molar-refractivity contribution is 1.40. The molecule has 0 spiro atoms. The van der Waals surface area contributed by atoms with Crippen LogP contribution in [-0.4, -0.2) is 10.2 Å². The van der Waals surface area contributed by atoms with Crippen molar-refractivity contribution in [2.24, 2.45) is 0 Å². The summed E-state index contributed by atoms with van der Waals surface area (Å²) >= 11 is 5.70. The highest BCUT2D eigenvalue weighted by Crippen LogP contribution is 2.09. The molecule has 0 heterocycles. The number of rotatable bonds is 1. The highest BCUT2D eigenvalue weighted by Gasteiger charge is 1.87. The van der Waals surface area contributed by atoms with Crippen LogP contribution in [0.5, 0.6) is 0 Å². The molecule has 0 saturated heterocycles. The van der Waals surface area contributed by atoms with E-state index in [2.05, 4.69) is 10.2 Å². The van der Waals surface area contributed by atoms with Crippen molar-refractivity contribution in [2.75, 3.05) is 0 Å². The fourth-order valence-electron chi connectivity index (χ4n) is 0.647. The molecule has 45 valence electrons. The zero-order valence-corrected chi connectivity index (χ0v) is 6.65. The van der Waals surface area contributed by atoms with Crippen LogP contribution in [0.25, 0.3) is 0 Å². The Balaban J connectivity index is 2.94. The summed E-state index contributed by atoms with van der Waals surface area (Å²) in [4.78, 5) is 0. The fourth-order valence-corrected chi connectivity index (χ4v) is 1.08. The van der Waals surface area contributed by atoms with Gasteiger partial charge in [-0.3, -0.25) is 0 Å². The Morgan fingerprint density at radius 1 is 1.44 bits per heavy atom. The normalized spacial score (nSPS) is 9.56. The Hall–Kier alpha value is -0.273. The second-order valence-electron chi connectivity index (χ2n) is 1.81. The molecule has 0 unspecified atom stereocenters. The van der Waals surface area contributed by atoms with E-state index in [1.807, 2.05) is 24.3 Å². The van der Waals surface area contributed by atoms with Gasteiger partial charge in [0.2, 0.25) is 0 Å². The predicted molar refractivity (Wildman–Crippen MR) is 40.9 cm³/mol. The molecule has 0 N–H and O–H groups in total. The molecule has 9 heavy (non-hydrogen) atoms. The molecular weight excluding hydrogens is 148 g/mol. The van der Waals surface area contributed by atoms with Crippen molar-refractivity contribution in [3.8, 4) is 0 Å². The van der Waals surface area contributed by atoms with Crippen molar-refractivity contribution in [1.82, 2.24) is 0 Å². The summed E-state index contributed by atoms with van der Waals surface area (Å²) in [5.74, 6) is 0. The van der Waals surface area contributed by atoms with Crippen LogP contribution in [0, 0.1) is 0 Å². The van der Waals surface area contributed by atoms with Gasteiger partial charge in [0.05, 0.1) is 0 Å². The Kier molecular flexibility index (Phi) is 2.31. The number of halogens is 1.